The van der Waals surface area contributed by atoms with E-state index >= 15 is 0 Å². The van der Waals surface area contributed by atoms with Crippen LogP contribution in [0.25, 0.3) is 0 Å². The van der Waals surface area contributed by atoms with E-state index in [0.29, 0.717) is 0 Å². The van der Waals surface area contributed by atoms with Gasteiger partial charge < -0.3 is 9.47 Å². The molecule has 58 valence electrons. The van der Waals surface area contributed by atoms with Crippen molar-refractivity contribution in [2.45, 2.75) is 25.7 Å². The van der Waals surface area contributed by atoms with E-state index in [-0.39, 0.29) is 6.61 Å². The number of hydrogen-bond donors (Lipinski definition) is 0. The summed E-state index contributed by atoms with van der Waals surface area (Å²) >= 11 is 0. The van der Waals surface area contributed by atoms with Crippen LogP contribution in [0.2, 0.25) is 0 Å². The molecular weight excluding hydrogens is 139 g/mol. The number of hydrogen-bond acceptors (Lipinski definition) is 3. The van der Waals surface area contributed by atoms with Gasteiger partial charge in [-0.05, 0) is 13.8 Å². The molecule has 0 N–H and O–H groups in total. The Kier molecular flexibility index (Phi) is 1.74. The van der Waals surface area contributed by atoms with Crippen LogP contribution in [0.15, 0.2) is 0 Å². The maximum absolute atomic E-state index is 11.9. The summed E-state index contributed by atoms with van der Waals surface area (Å²) in [5.74, 6) is 0. The third-order valence-corrected chi connectivity index (χ3v) is 1.19. The lowest BCUT2D eigenvalue weighted by Crippen LogP contribution is -2.25. The molecule has 3 nitrogen and oxygen atoms in total. The van der Waals surface area contributed by atoms with Gasteiger partial charge in [-0.2, -0.15) is 4.39 Å². The van der Waals surface area contributed by atoms with E-state index in [1.165, 1.54) is 0 Å². The second-order valence-electron chi connectivity index (χ2n) is 2.82. The lowest BCUT2D eigenvalue weighted by atomic mass is 10.2. The molecule has 0 bridgehead atoms. The van der Waals surface area contributed by atoms with E-state index in [0.717, 1.165) is 0 Å². The summed E-state index contributed by atoms with van der Waals surface area (Å²) in [6, 6.07) is -1.56. The summed E-state index contributed by atoms with van der Waals surface area (Å²) in [5, 5.41) is 0. The molecule has 1 aliphatic heterocycles. The lowest BCUT2D eigenvalue weighted by Gasteiger charge is -2.13. The molecule has 4 heteroatoms. The van der Waals surface area contributed by atoms with Gasteiger partial charge in [-0.25, -0.2) is 0 Å². The van der Waals surface area contributed by atoms with E-state index in [9.17, 15) is 9.18 Å². The van der Waals surface area contributed by atoms with Crippen LogP contribution < -0.4 is 0 Å². The highest BCUT2D eigenvalue weighted by atomic mass is 19.1. The molecule has 0 spiro atoms. The molecule has 1 saturated heterocycles. The Labute approximate surface area is 58.1 Å². The zero-order chi connectivity index (χ0) is 7.78. The second-order valence-corrected chi connectivity index (χ2v) is 2.82. The Morgan fingerprint density at radius 1 is 1.70 bits per heavy atom. The highest BCUT2D eigenvalue weighted by Crippen LogP contribution is 2.22. The summed E-state index contributed by atoms with van der Waals surface area (Å²) in [6.45, 7) is 3.72. The summed E-state index contributed by atoms with van der Waals surface area (Å²) in [5.41, 5.74) is -0.535. The maximum atomic E-state index is 11.9. The molecule has 1 unspecified atom stereocenters. The zero-order valence-corrected chi connectivity index (χ0v) is 5.89. The van der Waals surface area contributed by atoms with Gasteiger partial charge >= 0.3 is 6.04 Å². The minimum Gasteiger partial charge on any atom is -0.341 e. The predicted molar refractivity (Wildman–Crippen MR) is 31.0 cm³/mol. The summed E-state index contributed by atoms with van der Waals surface area (Å²) in [7, 11) is 0. The van der Waals surface area contributed by atoms with Crippen molar-refractivity contribution in [1.82, 2.24) is 0 Å². The highest BCUT2D eigenvalue weighted by molar-refractivity contribution is 5.72. The SMILES string of the molecule is CC1(C)COC(C(=O)F)O1. The number of halogens is 1. The van der Waals surface area contributed by atoms with E-state index in [4.69, 9.17) is 4.74 Å². The molecule has 0 radical (unpaired) electrons. The molecule has 0 amide bonds. The normalized spacial score (nSPS) is 30.5. The van der Waals surface area contributed by atoms with Crippen LogP contribution in [0.3, 0.4) is 0 Å². The fourth-order valence-electron chi connectivity index (χ4n) is 0.746. The molecule has 1 fully saturated rings. The number of rotatable bonds is 1. The molecular formula is C6H9FO3. The summed E-state index contributed by atoms with van der Waals surface area (Å²) in [4.78, 5) is 10.0. The van der Waals surface area contributed by atoms with Crippen molar-refractivity contribution < 1.29 is 18.7 Å². The van der Waals surface area contributed by atoms with Crippen molar-refractivity contribution >= 4 is 6.04 Å². The van der Waals surface area contributed by atoms with Crippen LogP contribution in [0.1, 0.15) is 13.8 Å². The number of carbonyl (C=O) groups is 1. The molecule has 0 aromatic heterocycles. The van der Waals surface area contributed by atoms with Gasteiger partial charge in [0.1, 0.15) is 0 Å². The van der Waals surface area contributed by atoms with Crippen LogP contribution in [-0.2, 0) is 14.3 Å². The average molecular weight is 148 g/mol. The van der Waals surface area contributed by atoms with Gasteiger partial charge in [-0.3, -0.25) is 4.79 Å². The van der Waals surface area contributed by atoms with Gasteiger partial charge in [-0.1, -0.05) is 0 Å². The smallest absolute Gasteiger partial charge is 0.341 e. The maximum Gasteiger partial charge on any atom is 0.357 e. The van der Waals surface area contributed by atoms with Gasteiger partial charge in [0.05, 0.1) is 12.2 Å². The number of carbonyl (C=O) groups excluding carboxylic acids is 1. The van der Waals surface area contributed by atoms with Gasteiger partial charge in [0.2, 0.25) is 0 Å². The topological polar surface area (TPSA) is 35.5 Å². The van der Waals surface area contributed by atoms with Gasteiger partial charge in [0, 0.05) is 0 Å². The van der Waals surface area contributed by atoms with Crippen LogP contribution in [0.5, 0.6) is 0 Å². The Balaban J connectivity index is 2.51. The minimum absolute atomic E-state index is 0.257. The Morgan fingerprint density at radius 2 is 2.30 bits per heavy atom. The molecule has 10 heavy (non-hydrogen) atoms. The van der Waals surface area contributed by atoms with Crippen molar-refractivity contribution in [1.29, 1.82) is 0 Å². The largest absolute Gasteiger partial charge is 0.357 e. The first-order valence-corrected chi connectivity index (χ1v) is 3.00. The monoisotopic (exact) mass is 148 g/mol. The average Bonchev–Trinajstić information content (AvgIpc) is 2.10. The molecule has 1 rings (SSSR count). The van der Waals surface area contributed by atoms with Crippen molar-refractivity contribution in [3.63, 3.8) is 0 Å². The first-order chi connectivity index (χ1) is 4.51. The van der Waals surface area contributed by atoms with Crippen molar-refractivity contribution in [2.75, 3.05) is 6.61 Å². The van der Waals surface area contributed by atoms with E-state index in [1.54, 1.807) is 13.8 Å². The van der Waals surface area contributed by atoms with Gasteiger partial charge in [0.15, 0.2) is 0 Å². The number of ether oxygens (including phenoxy) is 2. The van der Waals surface area contributed by atoms with Crippen molar-refractivity contribution in [2.24, 2.45) is 0 Å². The van der Waals surface area contributed by atoms with Crippen LogP contribution in [0, 0.1) is 0 Å². The fraction of sp³-hybridized carbons (Fsp3) is 0.833. The molecule has 0 aromatic rings. The first-order valence-electron chi connectivity index (χ1n) is 3.00. The molecule has 0 aromatic carbocycles. The zero-order valence-electron chi connectivity index (χ0n) is 5.89. The van der Waals surface area contributed by atoms with E-state index in [2.05, 4.69) is 4.74 Å². The van der Waals surface area contributed by atoms with Crippen molar-refractivity contribution in [3.05, 3.63) is 0 Å². The molecule has 1 atom stereocenters. The highest BCUT2D eigenvalue weighted by Gasteiger charge is 2.37. The quantitative estimate of drug-likeness (QED) is 0.512. The summed E-state index contributed by atoms with van der Waals surface area (Å²) < 4.78 is 21.4. The van der Waals surface area contributed by atoms with E-state index in [1.807, 2.05) is 0 Å². The Morgan fingerprint density at radius 3 is 2.50 bits per heavy atom. The second kappa shape index (κ2) is 2.29. The van der Waals surface area contributed by atoms with Crippen LogP contribution in [-0.4, -0.2) is 24.5 Å². The fourth-order valence-corrected chi connectivity index (χ4v) is 0.746. The van der Waals surface area contributed by atoms with Crippen LogP contribution in [0.4, 0.5) is 4.39 Å². The summed E-state index contributed by atoms with van der Waals surface area (Å²) in [6.07, 6.45) is -1.30. The third-order valence-electron chi connectivity index (χ3n) is 1.19. The Bertz CT molecular complexity index is 155. The predicted octanol–water partition coefficient (Wildman–Crippen LogP) is 0.634. The lowest BCUT2D eigenvalue weighted by molar-refractivity contribution is -0.161. The molecule has 0 aliphatic carbocycles. The van der Waals surface area contributed by atoms with Crippen LogP contribution >= 0.6 is 0 Å². The Hall–Kier alpha value is -0.480. The standard InChI is InChI=1S/C6H9FO3/c1-6(2)3-9-5(10-6)4(7)8/h5H,3H2,1-2H3. The van der Waals surface area contributed by atoms with Crippen molar-refractivity contribution in [3.8, 4) is 0 Å². The van der Waals surface area contributed by atoms with E-state index < -0.39 is 17.9 Å². The molecule has 0 saturated carbocycles. The van der Waals surface area contributed by atoms with Gasteiger partial charge in [0.25, 0.3) is 6.29 Å². The minimum atomic E-state index is -1.56. The third kappa shape index (κ3) is 1.52. The van der Waals surface area contributed by atoms with Gasteiger partial charge in [-0.15, -0.1) is 0 Å². The molecule has 1 aliphatic rings. The first kappa shape index (κ1) is 7.63. The molecule has 1 heterocycles.